The Bertz CT molecular complexity index is 546. The topological polar surface area (TPSA) is 42.2 Å². The van der Waals surface area contributed by atoms with Crippen molar-refractivity contribution in [2.45, 2.75) is 50.9 Å². The third-order valence-electron chi connectivity index (χ3n) is 4.41. The maximum Gasteiger partial charge on any atom is 0.152 e. The van der Waals surface area contributed by atoms with Crippen LogP contribution in [0.2, 0.25) is 0 Å². The molecule has 19 heavy (non-hydrogen) atoms. The molecule has 1 saturated heterocycles. The van der Waals surface area contributed by atoms with Crippen molar-refractivity contribution >= 4 is 0 Å². The molecule has 2 aliphatic heterocycles. The number of benzene rings is 1. The predicted octanol–water partition coefficient (Wildman–Crippen LogP) is 3.61. The lowest BCUT2D eigenvalue weighted by Crippen LogP contribution is -2.50. The zero-order chi connectivity index (χ0) is 13.7. The molecule has 0 N–H and O–H groups in total. The molecule has 3 unspecified atom stereocenters. The van der Waals surface area contributed by atoms with E-state index >= 15 is 0 Å². The van der Waals surface area contributed by atoms with E-state index < -0.39 is 5.60 Å². The second kappa shape index (κ2) is 3.98. The molecule has 100 valence electrons. The Morgan fingerprint density at radius 1 is 1.26 bits per heavy atom. The molecule has 0 spiro atoms. The third-order valence-corrected chi connectivity index (χ3v) is 4.41. The van der Waals surface area contributed by atoms with Crippen LogP contribution in [0, 0.1) is 17.2 Å². The SMILES string of the molecule is CC1(C#N)CCC2C(O1)c1ccccc1OC2(C)C. The summed E-state index contributed by atoms with van der Waals surface area (Å²) in [5.41, 5.74) is 0.144. The van der Waals surface area contributed by atoms with E-state index in [-0.39, 0.29) is 11.7 Å². The predicted molar refractivity (Wildman–Crippen MR) is 71.7 cm³/mol. The highest BCUT2D eigenvalue weighted by Gasteiger charge is 2.50. The van der Waals surface area contributed by atoms with Crippen molar-refractivity contribution in [3.05, 3.63) is 29.8 Å². The molecule has 2 heterocycles. The first-order chi connectivity index (χ1) is 8.95. The van der Waals surface area contributed by atoms with Crippen LogP contribution >= 0.6 is 0 Å². The van der Waals surface area contributed by atoms with Crippen molar-refractivity contribution in [1.82, 2.24) is 0 Å². The number of nitrogens with zero attached hydrogens (tertiary/aromatic N) is 1. The Morgan fingerprint density at radius 2 is 2.00 bits per heavy atom. The summed E-state index contributed by atoms with van der Waals surface area (Å²) in [4.78, 5) is 0. The van der Waals surface area contributed by atoms with E-state index in [4.69, 9.17) is 9.47 Å². The Kier molecular flexibility index (Phi) is 2.62. The number of fused-ring (bicyclic) bond motifs is 3. The number of ether oxygens (including phenoxy) is 2. The van der Waals surface area contributed by atoms with E-state index in [0.717, 1.165) is 24.2 Å². The van der Waals surface area contributed by atoms with Gasteiger partial charge in [0.05, 0.1) is 12.2 Å². The highest BCUT2D eigenvalue weighted by molar-refractivity contribution is 5.39. The van der Waals surface area contributed by atoms with Crippen LogP contribution in [0.4, 0.5) is 0 Å². The average molecular weight is 257 g/mol. The first-order valence-corrected chi connectivity index (χ1v) is 6.82. The molecule has 0 aliphatic carbocycles. The van der Waals surface area contributed by atoms with Gasteiger partial charge in [-0.2, -0.15) is 5.26 Å². The van der Waals surface area contributed by atoms with E-state index in [9.17, 15) is 5.26 Å². The van der Waals surface area contributed by atoms with Crippen LogP contribution in [0.3, 0.4) is 0 Å². The van der Waals surface area contributed by atoms with Gasteiger partial charge in [0.2, 0.25) is 0 Å². The lowest BCUT2D eigenvalue weighted by atomic mass is 9.73. The van der Waals surface area contributed by atoms with Crippen LogP contribution in [-0.2, 0) is 4.74 Å². The van der Waals surface area contributed by atoms with Gasteiger partial charge in [-0.15, -0.1) is 0 Å². The van der Waals surface area contributed by atoms with E-state index in [0.29, 0.717) is 5.92 Å². The maximum atomic E-state index is 9.31. The molecule has 3 rings (SSSR count). The minimum atomic E-state index is -0.679. The van der Waals surface area contributed by atoms with Gasteiger partial charge in [0.25, 0.3) is 0 Å². The molecule has 3 atom stereocenters. The van der Waals surface area contributed by atoms with Gasteiger partial charge in [0.1, 0.15) is 11.4 Å². The largest absolute Gasteiger partial charge is 0.487 e. The van der Waals surface area contributed by atoms with Crippen molar-refractivity contribution in [3.63, 3.8) is 0 Å². The highest BCUT2D eigenvalue weighted by Crippen LogP contribution is 2.52. The van der Waals surface area contributed by atoms with Crippen molar-refractivity contribution in [1.29, 1.82) is 5.26 Å². The first-order valence-electron chi connectivity index (χ1n) is 6.82. The normalized spacial score (nSPS) is 35.5. The van der Waals surface area contributed by atoms with Crippen LogP contribution in [-0.4, -0.2) is 11.2 Å². The first kappa shape index (κ1) is 12.5. The molecule has 0 amide bonds. The van der Waals surface area contributed by atoms with E-state index in [1.165, 1.54) is 0 Å². The number of para-hydroxylation sites is 1. The summed E-state index contributed by atoms with van der Waals surface area (Å²) in [6.45, 7) is 6.10. The Labute approximate surface area is 114 Å². The number of hydrogen-bond donors (Lipinski definition) is 0. The summed E-state index contributed by atoms with van der Waals surface area (Å²) < 4.78 is 12.3. The minimum Gasteiger partial charge on any atom is -0.487 e. The van der Waals surface area contributed by atoms with E-state index in [1.807, 2.05) is 31.2 Å². The van der Waals surface area contributed by atoms with Gasteiger partial charge in [-0.3, -0.25) is 0 Å². The third kappa shape index (κ3) is 1.91. The fourth-order valence-electron chi connectivity index (χ4n) is 3.25. The van der Waals surface area contributed by atoms with Gasteiger partial charge in [0, 0.05) is 11.5 Å². The zero-order valence-corrected chi connectivity index (χ0v) is 11.6. The fraction of sp³-hybridized carbons (Fsp3) is 0.562. The van der Waals surface area contributed by atoms with E-state index in [1.54, 1.807) is 0 Å². The summed E-state index contributed by atoms with van der Waals surface area (Å²) in [6.07, 6.45) is 1.67. The highest BCUT2D eigenvalue weighted by atomic mass is 16.5. The minimum absolute atomic E-state index is 0.0432. The molecule has 3 heteroatoms. The van der Waals surface area contributed by atoms with Crippen molar-refractivity contribution < 1.29 is 9.47 Å². The molecular formula is C16H19NO2. The van der Waals surface area contributed by atoms with Gasteiger partial charge in [0.15, 0.2) is 5.60 Å². The van der Waals surface area contributed by atoms with Crippen molar-refractivity contribution in [2.24, 2.45) is 5.92 Å². The fourth-order valence-corrected chi connectivity index (χ4v) is 3.25. The number of hydrogen-bond acceptors (Lipinski definition) is 3. The van der Waals surface area contributed by atoms with Crippen LogP contribution in [0.15, 0.2) is 24.3 Å². The number of nitriles is 1. The lowest BCUT2D eigenvalue weighted by molar-refractivity contribution is -0.169. The summed E-state index contributed by atoms with van der Waals surface area (Å²) in [6, 6.07) is 10.3. The standard InChI is InChI=1S/C16H19NO2/c1-15(2)12-8-9-16(3,10-17)19-14(12)11-6-4-5-7-13(11)18-15/h4-7,12,14H,8-9H2,1-3H3. The van der Waals surface area contributed by atoms with Gasteiger partial charge in [-0.25, -0.2) is 0 Å². The smallest absolute Gasteiger partial charge is 0.152 e. The van der Waals surface area contributed by atoms with Gasteiger partial charge < -0.3 is 9.47 Å². The Hall–Kier alpha value is -1.53. The van der Waals surface area contributed by atoms with Crippen LogP contribution in [0.1, 0.15) is 45.3 Å². The molecule has 1 aromatic rings. The lowest BCUT2D eigenvalue weighted by Gasteiger charge is -2.49. The van der Waals surface area contributed by atoms with Crippen molar-refractivity contribution in [3.8, 4) is 11.8 Å². The van der Waals surface area contributed by atoms with Gasteiger partial charge in [-0.05, 0) is 39.7 Å². The summed E-state index contributed by atoms with van der Waals surface area (Å²) in [5.74, 6) is 1.18. The van der Waals surface area contributed by atoms with Crippen molar-refractivity contribution in [2.75, 3.05) is 0 Å². The van der Waals surface area contributed by atoms with Crippen LogP contribution in [0.5, 0.6) is 5.75 Å². The monoisotopic (exact) mass is 257 g/mol. The average Bonchev–Trinajstić information content (AvgIpc) is 2.38. The quantitative estimate of drug-likeness (QED) is 0.713. The molecule has 1 fully saturated rings. The number of rotatable bonds is 0. The second-order valence-electron chi connectivity index (χ2n) is 6.27. The maximum absolute atomic E-state index is 9.31. The van der Waals surface area contributed by atoms with E-state index in [2.05, 4.69) is 19.9 Å². The molecule has 0 saturated carbocycles. The molecular weight excluding hydrogens is 238 g/mol. The Morgan fingerprint density at radius 3 is 2.74 bits per heavy atom. The Balaban J connectivity index is 2.06. The summed E-state index contributed by atoms with van der Waals surface area (Å²) in [5, 5.41) is 9.31. The van der Waals surface area contributed by atoms with Crippen LogP contribution < -0.4 is 4.74 Å². The molecule has 0 aromatic heterocycles. The molecule has 3 nitrogen and oxygen atoms in total. The molecule has 2 aliphatic rings. The zero-order valence-electron chi connectivity index (χ0n) is 11.6. The summed E-state index contributed by atoms with van der Waals surface area (Å²) >= 11 is 0. The second-order valence-corrected chi connectivity index (χ2v) is 6.27. The molecule has 1 aromatic carbocycles. The van der Waals surface area contributed by atoms with Gasteiger partial charge >= 0.3 is 0 Å². The molecule has 0 bridgehead atoms. The molecule has 0 radical (unpaired) electrons. The summed E-state index contributed by atoms with van der Waals surface area (Å²) in [7, 11) is 0. The van der Waals surface area contributed by atoms with Crippen LogP contribution in [0.25, 0.3) is 0 Å². The van der Waals surface area contributed by atoms with Gasteiger partial charge in [-0.1, -0.05) is 18.2 Å².